The largest absolute Gasteiger partial charge is 0.497 e. The lowest BCUT2D eigenvalue weighted by Gasteiger charge is -2.36. The maximum absolute atomic E-state index is 12.6. The van der Waals surface area contributed by atoms with Gasteiger partial charge in [-0.05, 0) is 43.3 Å². The van der Waals surface area contributed by atoms with E-state index < -0.39 is 0 Å². The first-order valence-electron chi connectivity index (χ1n) is 12.5. The van der Waals surface area contributed by atoms with Gasteiger partial charge in [0.25, 0.3) is 0 Å². The molecule has 5 rings (SSSR count). The summed E-state index contributed by atoms with van der Waals surface area (Å²) in [6, 6.07) is 19.5. The van der Waals surface area contributed by atoms with Crippen LogP contribution in [-0.2, 0) is 11.2 Å². The number of rotatable bonds is 9. The van der Waals surface area contributed by atoms with Crippen molar-refractivity contribution in [2.75, 3.05) is 55.0 Å². The molecule has 1 amide bonds. The van der Waals surface area contributed by atoms with Crippen LogP contribution in [0.4, 0.5) is 17.2 Å². The van der Waals surface area contributed by atoms with Crippen LogP contribution in [0, 0.1) is 0 Å². The van der Waals surface area contributed by atoms with Crippen LogP contribution in [0.25, 0.3) is 5.65 Å². The summed E-state index contributed by atoms with van der Waals surface area (Å²) in [6.07, 6.45) is 0.677. The Hall–Kier alpha value is -4.34. The van der Waals surface area contributed by atoms with Crippen molar-refractivity contribution in [1.82, 2.24) is 19.8 Å². The lowest BCUT2D eigenvalue weighted by Crippen LogP contribution is -2.47. The fraction of sp³-hybridized carbons (Fsp3) is 0.333. The number of hydrogen-bond donors (Lipinski definition) is 1. The molecule has 2 aromatic heterocycles. The number of hydrogen-bond acceptors (Lipinski definition) is 8. The summed E-state index contributed by atoms with van der Waals surface area (Å²) in [5.74, 6) is 2.92. The number of nitrogens with one attached hydrogen (secondary N) is 1. The Labute approximate surface area is 215 Å². The van der Waals surface area contributed by atoms with Crippen LogP contribution in [0.1, 0.15) is 19.2 Å². The van der Waals surface area contributed by atoms with E-state index in [0.717, 1.165) is 43.4 Å². The van der Waals surface area contributed by atoms with Gasteiger partial charge < -0.3 is 24.6 Å². The van der Waals surface area contributed by atoms with E-state index in [1.165, 1.54) is 0 Å². The number of nitrogens with zero attached hydrogens (tertiary/aromatic N) is 6. The van der Waals surface area contributed by atoms with Crippen molar-refractivity contribution in [1.29, 1.82) is 0 Å². The first kappa shape index (κ1) is 24.4. The second-order valence-electron chi connectivity index (χ2n) is 8.73. The van der Waals surface area contributed by atoms with Crippen LogP contribution >= 0.6 is 0 Å². The summed E-state index contributed by atoms with van der Waals surface area (Å²) in [7, 11) is 1.69. The molecule has 37 heavy (non-hydrogen) atoms. The van der Waals surface area contributed by atoms with Crippen LogP contribution < -0.4 is 24.6 Å². The highest BCUT2D eigenvalue weighted by Crippen LogP contribution is 2.25. The molecule has 0 radical (unpaired) electrons. The average Bonchev–Trinajstić information content (AvgIpc) is 3.35. The summed E-state index contributed by atoms with van der Waals surface area (Å²) in [5.41, 5.74) is 2.48. The lowest BCUT2D eigenvalue weighted by molar-refractivity contribution is -0.116. The topological polar surface area (TPSA) is 97.1 Å². The molecular formula is C27H31N7O3. The third-order valence-corrected chi connectivity index (χ3v) is 6.37. The van der Waals surface area contributed by atoms with Gasteiger partial charge in [0, 0.05) is 50.8 Å². The monoisotopic (exact) mass is 501 g/mol. The number of aryl methyl sites for hydroxylation is 1. The zero-order valence-electron chi connectivity index (χ0n) is 21.1. The molecule has 1 N–H and O–H groups in total. The van der Waals surface area contributed by atoms with Gasteiger partial charge >= 0.3 is 0 Å². The van der Waals surface area contributed by atoms with E-state index in [-0.39, 0.29) is 12.3 Å². The summed E-state index contributed by atoms with van der Waals surface area (Å²) in [6.45, 7) is 5.89. The molecule has 4 aromatic rings. The molecule has 0 bridgehead atoms. The van der Waals surface area contributed by atoms with E-state index >= 15 is 0 Å². The number of benzene rings is 2. The summed E-state index contributed by atoms with van der Waals surface area (Å²) in [5, 5.41) is 16.3. The number of methoxy groups -OCH3 is 1. The van der Waals surface area contributed by atoms with Crippen molar-refractivity contribution in [3.05, 3.63) is 66.5 Å². The second-order valence-corrected chi connectivity index (χ2v) is 8.73. The third kappa shape index (κ3) is 5.58. The van der Waals surface area contributed by atoms with E-state index in [2.05, 4.69) is 37.4 Å². The van der Waals surface area contributed by atoms with Gasteiger partial charge in [0.05, 0.1) is 19.4 Å². The zero-order valence-corrected chi connectivity index (χ0v) is 21.1. The van der Waals surface area contributed by atoms with Gasteiger partial charge in [-0.1, -0.05) is 18.2 Å². The molecule has 1 aliphatic rings. The number of piperazine rings is 1. The molecule has 0 spiro atoms. The van der Waals surface area contributed by atoms with Crippen molar-refractivity contribution in [3.8, 4) is 11.5 Å². The third-order valence-electron chi connectivity index (χ3n) is 6.37. The molecular weight excluding hydrogens is 470 g/mol. The molecule has 10 nitrogen and oxygen atoms in total. The molecule has 1 saturated heterocycles. The van der Waals surface area contributed by atoms with E-state index in [1.54, 1.807) is 11.6 Å². The Bertz CT molecular complexity index is 1370. The van der Waals surface area contributed by atoms with Crippen molar-refractivity contribution in [2.45, 2.75) is 19.8 Å². The van der Waals surface area contributed by atoms with Gasteiger partial charge in [-0.3, -0.25) is 4.79 Å². The molecule has 0 atom stereocenters. The number of aromatic nitrogens is 4. The van der Waals surface area contributed by atoms with Gasteiger partial charge in [-0.25, -0.2) is 0 Å². The number of ether oxygens (including phenoxy) is 2. The van der Waals surface area contributed by atoms with Crippen molar-refractivity contribution >= 4 is 28.7 Å². The fourth-order valence-electron chi connectivity index (χ4n) is 4.44. The normalized spacial score (nSPS) is 13.6. The first-order valence-corrected chi connectivity index (χ1v) is 12.5. The molecule has 0 aliphatic carbocycles. The molecule has 192 valence electrons. The standard InChI is InChI=1S/C27H31N7O3/c1-3-37-23-10-5-4-9-22(23)28-27(35)14-13-25-30-29-24-11-12-26(31-34(24)25)33-17-15-32(16-18-33)20-7-6-8-21(19-20)36-2/h4-12,19H,3,13-18H2,1-2H3,(H,28,35). The molecule has 1 fully saturated rings. The minimum Gasteiger partial charge on any atom is -0.497 e. The lowest BCUT2D eigenvalue weighted by atomic mass is 10.2. The molecule has 3 heterocycles. The smallest absolute Gasteiger partial charge is 0.224 e. The SMILES string of the molecule is CCOc1ccccc1NC(=O)CCc1nnc2ccc(N3CCN(c4cccc(OC)c4)CC3)nn12. The Morgan fingerprint density at radius 1 is 0.973 bits per heavy atom. The number of fused-ring (bicyclic) bond motifs is 1. The van der Waals surface area contributed by atoms with Crippen molar-refractivity contribution in [2.24, 2.45) is 0 Å². The minimum absolute atomic E-state index is 0.117. The second kappa shape index (κ2) is 11.2. The molecule has 10 heteroatoms. The van der Waals surface area contributed by atoms with Crippen LogP contribution in [0.5, 0.6) is 11.5 Å². The Kier molecular flexibility index (Phi) is 7.34. The van der Waals surface area contributed by atoms with Gasteiger partial charge in [-0.2, -0.15) is 4.52 Å². The summed E-state index contributed by atoms with van der Waals surface area (Å²) >= 11 is 0. The van der Waals surface area contributed by atoms with Crippen molar-refractivity contribution in [3.63, 3.8) is 0 Å². The van der Waals surface area contributed by atoms with Crippen LogP contribution in [0.3, 0.4) is 0 Å². The Morgan fingerprint density at radius 2 is 1.78 bits per heavy atom. The Morgan fingerprint density at radius 3 is 2.59 bits per heavy atom. The van der Waals surface area contributed by atoms with Crippen LogP contribution in [0.2, 0.25) is 0 Å². The maximum atomic E-state index is 12.6. The first-order chi connectivity index (χ1) is 18.1. The van der Waals surface area contributed by atoms with E-state index in [0.29, 0.717) is 35.9 Å². The molecule has 2 aromatic carbocycles. The Balaban J connectivity index is 1.22. The number of para-hydroxylation sites is 2. The van der Waals surface area contributed by atoms with E-state index in [4.69, 9.17) is 14.6 Å². The number of carbonyl (C=O) groups excluding carboxylic acids is 1. The highest BCUT2D eigenvalue weighted by atomic mass is 16.5. The minimum atomic E-state index is -0.117. The van der Waals surface area contributed by atoms with Crippen molar-refractivity contribution < 1.29 is 14.3 Å². The van der Waals surface area contributed by atoms with Gasteiger partial charge in [-0.15, -0.1) is 15.3 Å². The molecule has 0 saturated carbocycles. The van der Waals surface area contributed by atoms with Crippen LogP contribution in [-0.4, -0.2) is 65.6 Å². The fourth-order valence-corrected chi connectivity index (χ4v) is 4.44. The van der Waals surface area contributed by atoms with Gasteiger partial charge in [0.1, 0.15) is 17.3 Å². The number of amides is 1. The summed E-state index contributed by atoms with van der Waals surface area (Å²) in [4.78, 5) is 17.2. The highest BCUT2D eigenvalue weighted by Gasteiger charge is 2.20. The highest BCUT2D eigenvalue weighted by molar-refractivity contribution is 5.92. The number of anilines is 3. The van der Waals surface area contributed by atoms with Gasteiger partial charge in [0.15, 0.2) is 11.5 Å². The summed E-state index contributed by atoms with van der Waals surface area (Å²) < 4.78 is 12.7. The van der Waals surface area contributed by atoms with Crippen LogP contribution in [0.15, 0.2) is 60.7 Å². The van der Waals surface area contributed by atoms with E-state index in [1.807, 2.05) is 55.5 Å². The predicted molar refractivity (Wildman–Crippen MR) is 143 cm³/mol. The van der Waals surface area contributed by atoms with E-state index in [9.17, 15) is 4.79 Å². The zero-order chi connectivity index (χ0) is 25.6. The average molecular weight is 502 g/mol. The van der Waals surface area contributed by atoms with Gasteiger partial charge in [0.2, 0.25) is 5.91 Å². The molecule has 1 aliphatic heterocycles. The number of carbonyl (C=O) groups is 1. The maximum Gasteiger partial charge on any atom is 0.224 e. The predicted octanol–water partition coefficient (Wildman–Crippen LogP) is 3.43. The quantitative estimate of drug-likeness (QED) is 0.373. The molecule has 0 unspecified atom stereocenters.